The monoisotopic (exact) mass is 201 g/mol. The van der Waals surface area contributed by atoms with Crippen molar-refractivity contribution in [2.75, 3.05) is 0 Å². The van der Waals surface area contributed by atoms with E-state index < -0.39 is 0 Å². The molecular weight excluding hydrogens is 190 g/mol. The zero-order valence-electron chi connectivity index (χ0n) is 8.64. The number of benzene rings is 1. The Morgan fingerprint density at radius 2 is 1.73 bits per heavy atom. The molecule has 0 aliphatic rings. The third-order valence-corrected chi connectivity index (χ3v) is 2.40. The average molecular weight is 201 g/mol. The predicted molar refractivity (Wildman–Crippen MR) is 56.2 cm³/mol. The number of nitrogens with zero attached hydrogens (tertiary/aromatic N) is 3. The fourth-order valence-electron chi connectivity index (χ4n) is 1.43. The van der Waals surface area contributed by atoms with Crippen molar-refractivity contribution in [2.45, 2.75) is 13.8 Å². The third-order valence-electron chi connectivity index (χ3n) is 2.40. The smallest absolute Gasteiger partial charge is 0.152 e. The summed E-state index contributed by atoms with van der Waals surface area (Å²) in [6.45, 7) is 3.97. The van der Waals surface area contributed by atoms with Gasteiger partial charge in [0.15, 0.2) is 6.29 Å². The number of hydrogen-bond acceptors (Lipinski definition) is 3. The molecule has 2 rings (SSSR count). The Morgan fingerprint density at radius 3 is 2.33 bits per heavy atom. The van der Waals surface area contributed by atoms with Gasteiger partial charge in [0.05, 0.1) is 18.1 Å². The van der Waals surface area contributed by atoms with Gasteiger partial charge in [0.1, 0.15) is 0 Å². The molecule has 0 unspecified atom stereocenters. The number of aldehydes is 1. The maximum absolute atomic E-state index is 10.9. The Bertz CT molecular complexity index is 489. The van der Waals surface area contributed by atoms with Gasteiger partial charge in [-0.3, -0.25) is 4.79 Å². The summed E-state index contributed by atoms with van der Waals surface area (Å²) in [7, 11) is 0. The largest absolute Gasteiger partial charge is 0.298 e. The SMILES string of the molecule is Cc1cc(C=O)c(-n2nccn2)cc1C. The summed E-state index contributed by atoms with van der Waals surface area (Å²) in [5.74, 6) is 0. The fourth-order valence-corrected chi connectivity index (χ4v) is 1.43. The first-order chi connectivity index (χ1) is 7.22. The molecule has 76 valence electrons. The molecule has 0 N–H and O–H groups in total. The number of hydrogen-bond donors (Lipinski definition) is 0. The van der Waals surface area contributed by atoms with Crippen LogP contribution in [-0.4, -0.2) is 21.3 Å². The second-order valence-electron chi connectivity index (χ2n) is 3.43. The summed E-state index contributed by atoms with van der Waals surface area (Å²) in [4.78, 5) is 12.4. The normalized spacial score (nSPS) is 10.3. The quantitative estimate of drug-likeness (QED) is 0.695. The van der Waals surface area contributed by atoms with Crippen molar-refractivity contribution >= 4 is 6.29 Å². The van der Waals surface area contributed by atoms with Crippen molar-refractivity contribution in [1.29, 1.82) is 0 Å². The van der Waals surface area contributed by atoms with E-state index >= 15 is 0 Å². The minimum absolute atomic E-state index is 0.606. The van der Waals surface area contributed by atoms with Gasteiger partial charge in [-0.2, -0.15) is 15.0 Å². The van der Waals surface area contributed by atoms with E-state index in [1.807, 2.05) is 26.0 Å². The molecule has 2 aromatic rings. The van der Waals surface area contributed by atoms with Gasteiger partial charge in [0.25, 0.3) is 0 Å². The number of carbonyl (C=O) groups is 1. The lowest BCUT2D eigenvalue weighted by molar-refractivity contribution is 0.112. The number of aromatic nitrogens is 3. The zero-order valence-corrected chi connectivity index (χ0v) is 8.64. The van der Waals surface area contributed by atoms with Crippen molar-refractivity contribution in [2.24, 2.45) is 0 Å². The first-order valence-electron chi connectivity index (χ1n) is 4.65. The van der Waals surface area contributed by atoms with Gasteiger partial charge in [-0.15, -0.1) is 0 Å². The maximum atomic E-state index is 10.9. The molecule has 0 amide bonds. The predicted octanol–water partition coefficient (Wildman–Crippen LogP) is 1.70. The zero-order chi connectivity index (χ0) is 10.8. The van der Waals surface area contributed by atoms with E-state index in [-0.39, 0.29) is 0 Å². The molecule has 4 heteroatoms. The van der Waals surface area contributed by atoms with E-state index in [4.69, 9.17) is 0 Å². The molecule has 1 aromatic carbocycles. The Morgan fingerprint density at radius 1 is 1.13 bits per heavy atom. The highest BCUT2D eigenvalue weighted by Gasteiger charge is 2.07. The lowest BCUT2D eigenvalue weighted by Crippen LogP contribution is -2.04. The molecule has 4 nitrogen and oxygen atoms in total. The molecule has 0 saturated carbocycles. The minimum Gasteiger partial charge on any atom is -0.298 e. The average Bonchev–Trinajstić information content (AvgIpc) is 2.74. The molecule has 1 heterocycles. The Balaban J connectivity index is 2.65. The summed E-state index contributed by atoms with van der Waals surface area (Å²) in [6.07, 6.45) is 4.00. The van der Waals surface area contributed by atoms with E-state index in [0.29, 0.717) is 5.56 Å². The number of rotatable bonds is 2. The van der Waals surface area contributed by atoms with Crippen LogP contribution in [0.1, 0.15) is 21.5 Å². The van der Waals surface area contributed by atoms with Gasteiger partial charge in [-0.05, 0) is 37.1 Å². The van der Waals surface area contributed by atoms with Crippen LogP contribution in [0.15, 0.2) is 24.5 Å². The van der Waals surface area contributed by atoms with Crippen molar-refractivity contribution in [3.05, 3.63) is 41.2 Å². The molecule has 1 aromatic heterocycles. The van der Waals surface area contributed by atoms with Gasteiger partial charge < -0.3 is 0 Å². The molecule has 0 radical (unpaired) electrons. The lowest BCUT2D eigenvalue weighted by atomic mass is 10.1. The second-order valence-corrected chi connectivity index (χ2v) is 3.43. The standard InChI is InChI=1S/C11H11N3O/c1-8-5-10(7-15)11(6-9(8)2)14-12-3-4-13-14/h3-7H,1-2H3. The molecule has 0 aliphatic carbocycles. The number of aryl methyl sites for hydroxylation is 2. The van der Waals surface area contributed by atoms with Crippen LogP contribution in [-0.2, 0) is 0 Å². The van der Waals surface area contributed by atoms with Crippen molar-refractivity contribution in [3.63, 3.8) is 0 Å². The summed E-state index contributed by atoms with van der Waals surface area (Å²) in [5.41, 5.74) is 3.54. The third kappa shape index (κ3) is 1.66. The van der Waals surface area contributed by atoms with Gasteiger partial charge in [0, 0.05) is 5.56 Å². The molecule has 0 fully saturated rings. The number of carbonyl (C=O) groups excluding carboxylic acids is 1. The van der Waals surface area contributed by atoms with Crippen LogP contribution in [0.25, 0.3) is 5.69 Å². The lowest BCUT2D eigenvalue weighted by Gasteiger charge is -2.07. The Labute approximate surface area is 87.5 Å². The van der Waals surface area contributed by atoms with Crippen LogP contribution in [0.4, 0.5) is 0 Å². The molecule has 0 spiro atoms. The topological polar surface area (TPSA) is 47.8 Å². The van der Waals surface area contributed by atoms with Gasteiger partial charge >= 0.3 is 0 Å². The fraction of sp³-hybridized carbons (Fsp3) is 0.182. The van der Waals surface area contributed by atoms with Crippen LogP contribution in [0.3, 0.4) is 0 Å². The summed E-state index contributed by atoms with van der Waals surface area (Å²) < 4.78 is 0. The highest BCUT2D eigenvalue weighted by atomic mass is 16.1. The molecule has 15 heavy (non-hydrogen) atoms. The highest BCUT2D eigenvalue weighted by Crippen LogP contribution is 2.16. The van der Waals surface area contributed by atoms with Gasteiger partial charge in [-0.1, -0.05) is 0 Å². The first kappa shape index (κ1) is 9.58. The summed E-state index contributed by atoms with van der Waals surface area (Å²) >= 11 is 0. The van der Waals surface area contributed by atoms with Crippen molar-refractivity contribution < 1.29 is 4.79 Å². The van der Waals surface area contributed by atoms with Crippen LogP contribution in [0.5, 0.6) is 0 Å². The van der Waals surface area contributed by atoms with Gasteiger partial charge in [0.2, 0.25) is 0 Å². The van der Waals surface area contributed by atoms with Crippen LogP contribution in [0.2, 0.25) is 0 Å². The summed E-state index contributed by atoms with van der Waals surface area (Å²) in [5, 5.41) is 8.03. The highest BCUT2D eigenvalue weighted by molar-refractivity contribution is 5.81. The second kappa shape index (κ2) is 3.65. The van der Waals surface area contributed by atoms with Gasteiger partial charge in [-0.25, -0.2) is 0 Å². The maximum Gasteiger partial charge on any atom is 0.152 e. The van der Waals surface area contributed by atoms with Crippen LogP contribution >= 0.6 is 0 Å². The van der Waals surface area contributed by atoms with E-state index in [9.17, 15) is 4.79 Å². The summed E-state index contributed by atoms with van der Waals surface area (Å²) in [6, 6.07) is 3.76. The van der Waals surface area contributed by atoms with E-state index in [1.165, 1.54) is 4.80 Å². The molecule has 0 bridgehead atoms. The Kier molecular flexibility index (Phi) is 2.33. The molecular formula is C11H11N3O. The molecule has 0 atom stereocenters. The van der Waals surface area contributed by atoms with Crippen molar-refractivity contribution in [1.82, 2.24) is 15.0 Å². The minimum atomic E-state index is 0.606. The van der Waals surface area contributed by atoms with E-state index in [1.54, 1.807) is 12.4 Å². The van der Waals surface area contributed by atoms with E-state index in [2.05, 4.69) is 10.2 Å². The van der Waals surface area contributed by atoms with E-state index in [0.717, 1.165) is 23.1 Å². The van der Waals surface area contributed by atoms with Crippen LogP contribution < -0.4 is 0 Å². The first-order valence-corrected chi connectivity index (χ1v) is 4.65. The van der Waals surface area contributed by atoms with Crippen LogP contribution in [0, 0.1) is 13.8 Å². The Hall–Kier alpha value is -1.97. The molecule has 0 saturated heterocycles. The van der Waals surface area contributed by atoms with Crippen molar-refractivity contribution in [3.8, 4) is 5.69 Å². The molecule has 0 aliphatic heterocycles.